The number of primary amides is 1. The van der Waals surface area contributed by atoms with Crippen LogP contribution in [0.25, 0.3) is 0 Å². The van der Waals surface area contributed by atoms with Crippen LogP contribution in [0.15, 0.2) is 28.7 Å². The van der Waals surface area contributed by atoms with E-state index in [2.05, 4.69) is 36.7 Å². The number of amides is 1. The Labute approximate surface area is 144 Å². The van der Waals surface area contributed by atoms with Gasteiger partial charge in [-0.2, -0.15) is 0 Å². The molecule has 23 heavy (non-hydrogen) atoms. The van der Waals surface area contributed by atoms with Crippen molar-refractivity contribution in [3.05, 3.63) is 34.3 Å². The van der Waals surface area contributed by atoms with E-state index in [1.54, 1.807) is 0 Å². The van der Waals surface area contributed by atoms with Crippen LogP contribution in [0.3, 0.4) is 0 Å². The van der Waals surface area contributed by atoms with E-state index in [1.807, 2.05) is 24.3 Å². The number of hydrogen-bond acceptors (Lipinski definition) is 4. The van der Waals surface area contributed by atoms with Crippen molar-refractivity contribution in [2.45, 2.75) is 38.6 Å². The van der Waals surface area contributed by atoms with Crippen molar-refractivity contribution >= 4 is 22.0 Å². The first kappa shape index (κ1) is 16.7. The number of rotatable bonds is 2. The summed E-state index contributed by atoms with van der Waals surface area (Å²) in [7, 11) is 0. The van der Waals surface area contributed by atoms with E-state index in [9.17, 15) is 4.79 Å². The van der Waals surface area contributed by atoms with Gasteiger partial charge in [-0.05, 0) is 23.1 Å². The predicted octanol–water partition coefficient (Wildman–Crippen LogP) is 3.55. The van der Waals surface area contributed by atoms with Crippen LogP contribution in [0.1, 0.15) is 32.8 Å². The fraction of sp³-hybridized carbons (Fsp3) is 0.588. The van der Waals surface area contributed by atoms with E-state index in [0.29, 0.717) is 19.6 Å². The van der Waals surface area contributed by atoms with Crippen molar-refractivity contribution in [2.24, 2.45) is 17.1 Å². The standard InChI is InChI=1S/C17H22BrNO4/c1-15(2,3)13-16(23-14(19)20,10-17(13)21-8-9-22-17)11-4-6-12(18)7-5-11/h4-7,13H,8-10H2,1-3H3,(H2,19,20). The minimum atomic E-state index is -0.838. The Morgan fingerprint density at radius 2 is 1.83 bits per heavy atom. The lowest BCUT2D eigenvalue weighted by molar-refractivity contribution is -0.357. The molecule has 1 aliphatic carbocycles. The topological polar surface area (TPSA) is 70.8 Å². The van der Waals surface area contributed by atoms with Crippen LogP contribution in [0.5, 0.6) is 0 Å². The molecule has 1 amide bonds. The summed E-state index contributed by atoms with van der Waals surface area (Å²) in [6, 6.07) is 7.77. The van der Waals surface area contributed by atoms with Gasteiger partial charge < -0.3 is 19.9 Å². The highest BCUT2D eigenvalue weighted by Gasteiger charge is 2.73. The summed E-state index contributed by atoms with van der Waals surface area (Å²) in [5, 5.41) is 0. The van der Waals surface area contributed by atoms with Gasteiger partial charge in [0, 0.05) is 10.9 Å². The van der Waals surface area contributed by atoms with Crippen molar-refractivity contribution < 1.29 is 19.0 Å². The van der Waals surface area contributed by atoms with Crippen LogP contribution in [-0.2, 0) is 19.8 Å². The van der Waals surface area contributed by atoms with Gasteiger partial charge in [0.25, 0.3) is 0 Å². The number of benzene rings is 1. The quantitative estimate of drug-likeness (QED) is 0.847. The van der Waals surface area contributed by atoms with Gasteiger partial charge in [0.15, 0.2) is 11.4 Å². The van der Waals surface area contributed by atoms with E-state index in [0.717, 1.165) is 10.0 Å². The van der Waals surface area contributed by atoms with Gasteiger partial charge in [-0.25, -0.2) is 4.79 Å². The third kappa shape index (κ3) is 2.66. The van der Waals surface area contributed by atoms with Crippen molar-refractivity contribution in [1.82, 2.24) is 0 Å². The van der Waals surface area contributed by atoms with Gasteiger partial charge in [0.05, 0.1) is 19.1 Å². The van der Waals surface area contributed by atoms with Crippen LogP contribution in [0, 0.1) is 11.3 Å². The largest absolute Gasteiger partial charge is 0.437 e. The van der Waals surface area contributed by atoms with E-state index in [-0.39, 0.29) is 11.3 Å². The number of carbonyl (C=O) groups excluding carboxylic acids is 1. The van der Waals surface area contributed by atoms with Gasteiger partial charge in [-0.3, -0.25) is 0 Å². The van der Waals surface area contributed by atoms with Gasteiger partial charge in [-0.1, -0.05) is 48.8 Å². The van der Waals surface area contributed by atoms with Crippen LogP contribution in [-0.4, -0.2) is 25.1 Å². The molecule has 1 saturated heterocycles. The summed E-state index contributed by atoms with van der Waals surface area (Å²) in [6.45, 7) is 7.41. The molecule has 1 spiro atoms. The summed E-state index contributed by atoms with van der Waals surface area (Å²) >= 11 is 3.44. The molecule has 1 aliphatic heterocycles. The summed E-state index contributed by atoms with van der Waals surface area (Å²) < 4.78 is 18.5. The van der Waals surface area contributed by atoms with E-state index in [4.69, 9.17) is 19.9 Å². The molecule has 2 N–H and O–H groups in total. The Kier molecular flexibility index (Phi) is 3.98. The van der Waals surface area contributed by atoms with Crippen LogP contribution in [0.4, 0.5) is 4.79 Å². The highest BCUT2D eigenvalue weighted by Crippen LogP contribution is 2.65. The average molecular weight is 384 g/mol. The first-order valence-corrected chi connectivity index (χ1v) is 8.51. The molecule has 0 bridgehead atoms. The molecule has 0 aromatic heterocycles. The van der Waals surface area contributed by atoms with Crippen LogP contribution in [0.2, 0.25) is 0 Å². The highest BCUT2D eigenvalue weighted by atomic mass is 79.9. The third-order valence-electron chi connectivity index (χ3n) is 4.67. The van der Waals surface area contributed by atoms with Crippen LogP contribution < -0.4 is 5.73 Å². The molecule has 3 rings (SSSR count). The summed E-state index contributed by atoms with van der Waals surface area (Å²) in [6.07, 6.45) is -0.331. The minimum absolute atomic E-state index is 0.154. The number of ether oxygens (including phenoxy) is 3. The maximum Gasteiger partial charge on any atom is 0.405 e. The lowest BCUT2D eigenvalue weighted by Crippen LogP contribution is -2.70. The highest BCUT2D eigenvalue weighted by molar-refractivity contribution is 9.10. The molecule has 2 atom stereocenters. The van der Waals surface area contributed by atoms with Crippen molar-refractivity contribution in [2.75, 3.05) is 13.2 Å². The second kappa shape index (κ2) is 5.46. The molecule has 1 heterocycles. The number of carbonyl (C=O) groups is 1. The second-order valence-corrected chi connectivity index (χ2v) is 8.22. The Bertz CT molecular complexity index is 604. The Balaban J connectivity index is 2.08. The SMILES string of the molecule is CC(C)(C)C1C2(CC1(OC(N)=O)c1ccc(Br)cc1)OCCO2. The lowest BCUT2D eigenvalue weighted by atomic mass is 9.52. The molecule has 1 aromatic rings. The predicted molar refractivity (Wildman–Crippen MR) is 88.7 cm³/mol. The summed E-state index contributed by atoms with van der Waals surface area (Å²) in [5.41, 5.74) is 5.26. The normalized spacial score (nSPS) is 29.3. The van der Waals surface area contributed by atoms with Gasteiger partial charge in [0.1, 0.15) is 0 Å². The van der Waals surface area contributed by atoms with Crippen LogP contribution >= 0.6 is 15.9 Å². The van der Waals surface area contributed by atoms with E-state index >= 15 is 0 Å². The fourth-order valence-corrected chi connectivity index (χ4v) is 4.49. The van der Waals surface area contributed by atoms with Crippen molar-refractivity contribution in [3.8, 4) is 0 Å². The zero-order chi connectivity index (χ0) is 16.9. The third-order valence-corrected chi connectivity index (χ3v) is 5.20. The number of hydrogen-bond donors (Lipinski definition) is 1. The number of nitrogens with two attached hydrogens (primary N) is 1. The summed E-state index contributed by atoms with van der Waals surface area (Å²) in [4.78, 5) is 11.6. The molecular formula is C17H22BrNO4. The Morgan fingerprint density at radius 1 is 1.26 bits per heavy atom. The molecule has 2 fully saturated rings. The molecule has 0 radical (unpaired) electrons. The molecule has 126 valence electrons. The molecule has 2 aliphatic rings. The maximum absolute atomic E-state index is 11.6. The summed E-state index contributed by atoms with van der Waals surface area (Å²) in [5.74, 6) is -0.862. The van der Waals surface area contributed by atoms with Crippen molar-refractivity contribution in [3.63, 3.8) is 0 Å². The van der Waals surface area contributed by atoms with Crippen molar-refractivity contribution in [1.29, 1.82) is 0 Å². The smallest absolute Gasteiger partial charge is 0.405 e. The lowest BCUT2D eigenvalue weighted by Gasteiger charge is -2.62. The molecule has 6 heteroatoms. The van der Waals surface area contributed by atoms with Gasteiger partial charge in [0.2, 0.25) is 0 Å². The molecule has 1 aromatic carbocycles. The van der Waals surface area contributed by atoms with E-state index < -0.39 is 17.5 Å². The number of halogens is 1. The second-order valence-electron chi connectivity index (χ2n) is 7.30. The fourth-order valence-electron chi connectivity index (χ4n) is 4.23. The van der Waals surface area contributed by atoms with Gasteiger partial charge in [-0.15, -0.1) is 0 Å². The minimum Gasteiger partial charge on any atom is -0.437 e. The average Bonchev–Trinajstić information content (AvgIpc) is 2.86. The first-order chi connectivity index (χ1) is 10.7. The Hall–Kier alpha value is -1.11. The maximum atomic E-state index is 11.6. The van der Waals surface area contributed by atoms with Gasteiger partial charge >= 0.3 is 6.09 Å². The first-order valence-electron chi connectivity index (χ1n) is 7.72. The zero-order valence-electron chi connectivity index (χ0n) is 13.6. The zero-order valence-corrected chi connectivity index (χ0v) is 15.2. The Morgan fingerprint density at radius 3 is 2.30 bits per heavy atom. The molecule has 2 unspecified atom stereocenters. The molecular weight excluding hydrogens is 362 g/mol. The molecule has 5 nitrogen and oxygen atoms in total. The molecule has 1 saturated carbocycles. The van der Waals surface area contributed by atoms with E-state index in [1.165, 1.54) is 0 Å². The monoisotopic (exact) mass is 383 g/mol.